The Hall–Kier alpha value is -2.30. The summed E-state index contributed by atoms with van der Waals surface area (Å²) in [7, 11) is 0. The molecule has 88 valence electrons. The smallest absolute Gasteiger partial charge is 0.293 e. The first kappa shape index (κ1) is 11.2. The van der Waals surface area contributed by atoms with Gasteiger partial charge in [-0.25, -0.2) is 0 Å². The summed E-state index contributed by atoms with van der Waals surface area (Å²) in [5.41, 5.74) is 7.29. The molecule has 0 fully saturated rings. The van der Waals surface area contributed by atoms with Gasteiger partial charge in [0.25, 0.3) is 6.47 Å². The number of amides is 1. The van der Waals surface area contributed by atoms with Crippen LogP contribution in [-0.4, -0.2) is 17.4 Å². The van der Waals surface area contributed by atoms with Crippen molar-refractivity contribution in [1.29, 1.82) is 0 Å². The molecule has 0 bridgehead atoms. The van der Waals surface area contributed by atoms with Crippen molar-refractivity contribution in [2.45, 2.75) is 13.0 Å². The highest BCUT2D eigenvalue weighted by molar-refractivity contribution is 5.97. The van der Waals surface area contributed by atoms with E-state index in [0.717, 1.165) is 16.5 Å². The van der Waals surface area contributed by atoms with Gasteiger partial charge >= 0.3 is 0 Å². The summed E-state index contributed by atoms with van der Waals surface area (Å²) in [5, 5.41) is 0.907. The molecule has 1 aromatic carbocycles. The highest BCUT2D eigenvalue weighted by Crippen LogP contribution is 2.26. The minimum Gasteiger partial charge on any atom is -0.460 e. The van der Waals surface area contributed by atoms with Crippen molar-refractivity contribution in [1.82, 2.24) is 4.98 Å². The number of nitrogens with one attached hydrogen (secondary N) is 1. The van der Waals surface area contributed by atoms with Crippen molar-refractivity contribution >= 4 is 23.3 Å². The fourth-order valence-corrected chi connectivity index (χ4v) is 1.79. The molecule has 5 nitrogen and oxygen atoms in total. The van der Waals surface area contributed by atoms with E-state index < -0.39 is 5.91 Å². The Bertz CT molecular complexity index is 574. The summed E-state index contributed by atoms with van der Waals surface area (Å²) in [6, 6.07) is 5.11. The molecule has 17 heavy (non-hydrogen) atoms. The van der Waals surface area contributed by atoms with E-state index in [2.05, 4.69) is 4.98 Å². The van der Waals surface area contributed by atoms with E-state index in [1.807, 2.05) is 0 Å². The van der Waals surface area contributed by atoms with Crippen LogP contribution in [0.1, 0.15) is 28.9 Å². The molecule has 0 saturated carbocycles. The minimum atomic E-state index is -0.472. The number of hydrogen-bond acceptors (Lipinski definition) is 3. The Morgan fingerprint density at radius 3 is 2.94 bits per heavy atom. The number of aromatic nitrogens is 1. The SMILES string of the molecule is CC(OC=O)c1c[nH]c2cc(C(N)=O)ccc12. The van der Waals surface area contributed by atoms with Crippen LogP contribution in [0.5, 0.6) is 0 Å². The first-order chi connectivity index (χ1) is 8.13. The van der Waals surface area contributed by atoms with Crippen molar-refractivity contribution in [3.05, 3.63) is 35.5 Å². The largest absolute Gasteiger partial charge is 0.460 e. The van der Waals surface area contributed by atoms with Crippen LogP contribution in [0, 0.1) is 0 Å². The Morgan fingerprint density at radius 1 is 1.53 bits per heavy atom. The van der Waals surface area contributed by atoms with E-state index in [4.69, 9.17) is 10.5 Å². The lowest BCUT2D eigenvalue weighted by molar-refractivity contribution is -0.133. The first-order valence-corrected chi connectivity index (χ1v) is 5.13. The van der Waals surface area contributed by atoms with Crippen molar-refractivity contribution in [2.24, 2.45) is 5.73 Å². The fourth-order valence-electron chi connectivity index (χ4n) is 1.79. The molecular weight excluding hydrogens is 220 g/mol. The van der Waals surface area contributed by atoms with Crippen LogP contribution in [-0.2, 0) is 9.53 Å². The summed E-state index contributed by atoms with van der Waals surface area (Å²) in [6.07, 6.45) is 1.42. The van der Waals surface area contributed by atoms with Crippen LogP contribution in [0.25, 0.3) is 10.9 Å². The van der Waals surface area contributed by atoms with Crippen molar-refractivity contribution in [3.8, 4) is 0 Å². The summed E-state index contributed by atoms with van der Waals surface area (Å²) in [6.45, 7) is 2.19. The number of carbonyl (C=O) groups excluding carboxylic acids is 2. The third-order valence-corrected chi connectivity index (χ3v) is 2.70. The lowest BCUT2D eigenvalue weighted by Crippen LogP contribution is -2.10. The topological polar surface area (TPSA) is 85.2 Å². The maximum Gasteiger partial charge on any atom is 0.293 e. The predicted molar refractivity (Wildman–Crippen MR) is 62.4 cm³/mol. The molecule has 0 saturated heterocycles. The third-order valence-electron chi connectivity index (χ3n) is 2.70. The molecule has 1 atom stereocenters. The molecular formula is C12H12N2O3. The number of hydrogen-bond donors (Lipinski definition) is 2. The fraction of sp³-hybridized carbons (Fsp3) is 0.167. The number of fused-ring (bicyclic) bond motifs is 1. The highest BCUT2D eigenvalue weighted by atomic mass is 16.5. The molecule has 0 aliphatic rings. The van der Waals surface area contributed by atoms with Crippen LogP contribution in [0.15, 0.2) is 24.4 Å². The second-order valence-electron chi connectivity index (χ2n) is 3.74. The quantitative estimate of drug-likeness (QED) is 0.783. The van der Waals surface area contributed by atoms with Gasteiger partial charge in [0.05, 0.1) is 0 Å². The second kappa shape index (κ2) is 4.29. The lowest BCUT2D eigenvalue weighted by Gasteiger charge is -2.07. The van der Waals surface area contributed by atoms with Gasteiger partial charge in [-0.15, -0.1) is 0 Å². The number of carbonyl (C=O) groups is 2. The summed E-state index contributed by atoms with van der Waals surface area (Å²) in [4.78, 5) is 24.3. The van der Waals surface area contributed by atoms with Crippen LogP contribution in [0.3, 0.4) is 0 Å². The van der Waals surface area contributed by atoms with E-state index in [1.54, 1.807) is 31.3 Å². The van der Waals surface area contributed by atoms with Crippen LogP contribution >= 0.6 is 0 Å². The van der Waals surface area contributed by atoms with Crippen LogP contribution in [0.4, 0.5) is 0 Å². The van der Waals surface area contributed by atoms with E-state index in [1.165, 1.54) is 0 Å². The highest BCUT2D eigenvalue weighted by Gasteiger charge is 2.12. The van der Waals surface area contributed by atoms with Crippen molar-refractivity contribution in [2.75, 3.05) is 0 Å². The molecule has 0 radical (unpaired) electrons. The zero-order valence-corrected chi connectivity index (χ0v) is 9.27. The second-order valence-corrected chi connectivity index (χ2v) is 3.74. The molecule has 2 rings (SSSR count). The number of benzene rings is 1. The predicted octanol–water partition coefficient (Wildman–Crippen LogP) is 1.50. The molecule has 2 aromatic rings. The summed E-state index contributed by atoms with van der Waals surface area (Å²) >= 11 is 0. The molecule has 5 heteroatoms. The van der Waals surface area contributed by atoms with E-state index >= 15 is 0 Å². The average molecular weight is 232 g/mol. The van der Waals surface area contributed by atoms with Gasteiger partial charge in [0, 0.05) is 28.2 Å². The van der Waals surface area contributed by atoms with Crippen molar-refractivity contribution in [3.63, 3.8) is 0 Å². The molecule has 1 aromatic heterocycles. The van der Waals surface area contributed by atoms with Gasteiger partial charge in [0.2, 0.25) is 5.91 Å². The molecule has 1 unspecified atom stereocenters. The summed E-state index contributed by atoms with van der Waals surface area (Å²) in [5.74, 6) is -0.472. The van der Waals surface area contributed by atoms with Gasteiger partial charge in [-0.2, -0.15) is 0 Å². The summed E-state index contributed by atoms with van der Waals surface area (Å²) < 4.78 is 4.88. The average Bonchev–Trinajstić information content (AvgIpc) is 2.71. The number of primary amides is 1. The van der Waals surface area contributed by atoms with Crippen LogP contribution < -0.4 is 5.73 Å². The molecule has 0 aliphatic carbocycles. The maximum absolute atomic E-state index is 11.0. The van der Waals surface area contributed by atoms with Gasteiger partial charge in [-0.3, -0.25) is 9.59 Å². The van der Waals surface area contributed by atoms with Crippen molar-refractivity contribution < 1.29 is 14.3 Å². The van der Waals surface area contributed by atoms with E-state index in [0.29, 0.717) is 12.0 Å². The molecule has 3 N–H and O–H groups in total. The lowest BCUT2D eigenvalue weighted by atomic mass is 10.1. The van der Waals surface area contributed by atoms with Gasteiger partial charge in [-0.1, -0.05) is 6.07 Å². The normalized spacial score (nSPS) is 12.3. The first-order valence-electron chi connectivity index (χ1n) is 5.13. The zero-order chi connectivity index (χ0) is 12.4. The Balaban J connectivity index is 2.48. The van der Waals surface area contributed by atoms with Gasteiger partial charge in [-0.05, 0) is 19.1 Å². The molecule has 1 amide bonds. The van der Waals surface area contributed by atoms with Gasteiger partial charge < -0.3 is 15.5 Å². The monoisotopic (exact) mass is 232 g/mol. The molecule has 0 spiro atoms. The Kier molecular flexibility index (Phi) is 2.82. The van der Waals surface area contributed by atoms with Gasteiger partial charge in [0.1, 0.15) is 6.10 Å². The third kappa shape index (κ3) is 1.99. The van der Waals surface area contributed by atoms with Crippen LogP contribution in [0.2, 0.25) is 0 Å². The molecule has 1 heterocycles. The maximum atomic E-state index is 11.0. The Morgan fingerprint density at radius 2 is 2.29 bits per heavy atom. The number of rotatable bonds is 4. The Labute approximate surface area is 97.6 Å². The number of aromatic amines is 1. The zero-order valence-electron chi connectivity index (χ0n) is 9.27. The van der Waals surface area contributed by atoms with Gasteiger partial charge in [0.15, 0.2) is 0 Å². The van der Waals surface area contributed by atoms with E-state index in [9.17, 15) is 9.59 Å². The molecule has 0 aliphatic heterocycles. The number of H-pyrrole nitrogens is 1. The number of nitrogens with two attached hydrogens (primary N) is 1. The minimum absolute atomic E-state index is 0.333. The number of ether oxygens (including phenoxy) is 1. The van der Waals surface area contributed by atoms with E-state index in [-0.39, 0.29) is 6.10 Å². The standard InChI is InChI=1S/C12H12N2O3/c1-7(17-6-15)10-5-14-11-4-8(12(13)16)2-3-9(10)11/h2-7,14H,1H3,(H2,13,16).